The minimum absolute atomic E-state index is 0.0132. The number of anilines is 1. The molecule has 0 aliphatic rings. The standard InChI is InChI=1S/C26H23N3O4S/c1-29(2)34(32,33)22-15-16-25(30)24(17-22)28-26(31)20-10-7-18(8-11-20)9-13-21-14-12-19-5-3-4-6-23(19)27-21/h3-17,30H,1-2H3,(H,28,31)/b13-9+. The van der Waals surface area contributed by atoms with Gasteiger partial charge in [-0.25, -0.2) is 17.7 Å². The van der Waals surface area contributed by atoms with Gasteiger partial charge < -0.3 is 10.4 Å². The lowest BCUT2D eigenvalue weighted by Crippen LogP contribution is -2.22. The Morgan fingerprint density at radius 2 is 1.68 bits per heavy atom. The van der Waals surface area contributed by atoms with Crippen molar-refractivity contribution in [1.29, 1.82) is 0 Å². The number of aromatic hydroxyl groups is 1. The van der Waals surface area contributed by atoms with E-state index >= 15 is 0 Å². The highest BCUT2D eigenvalue weighted by molar-refractivity contribution is 7.89. The number of carbonyl (C=O) groups excluding carboxylic acids is 1. The topological polar surface area (TPSA) is 99.6 Å². The minimum atomic E-state index is -3.71. The number of hydrogen-bond acceptors (Lipinski definition) is 5. The SMILES string of the molecule is CN(C)S(=O)(=O)c1ccc(O)c(NC(=O)c2ccc(/C=C/c3ccc4ccccc4n3)cc2)c1. The van der Waals surface area contributed by atoms with E-state index in [1.54, 1.807) is 24.3 Å². The number of phenols is 1. The van der Waals surface area contributed by atoms with Gasteiger partial charge in [-0.2, -0.15) is 0 Å². The summed E-state index contributed by atoms with van der Waals surface area (Å²) in [5, 5.41) is 13.7. The average molecular weight is 474 g/mol. The molecule has 34 heavy (non-hydrogen) atoms. The second kappa shape index (κ2) is 9.46. The highest BCUT2D eigenvalue weighted by Crippen LogP contribution is 2.28. The molecule has 4 rings (SSSR count). The first kappa shape index (κ1) is 23.2. The number of phenolic OH excluding ortho intramolecular Hbond substituents is 1. The van der Waals surface area contributed by atoms with Gasteiger partial charge in [-0.1, -0.05) is 42.5 Å². The van der Waals surface area contributed by atoms with Crippen LogP contribution >= 0.6 is 0 Å². The summed E-state index contributed by atoms with van der Waals surface area (Å²) in [6.45, 7) is 0. The molecule has 0 fully saturated rings. The van der Waals surface area contributed by atoms with Gasteiger partial charge in [0.1, 0.15) is 5.75 Å². The molecule has 1 aromatic heterocycles. The maximum atomic E-state index is 12.7. The van der Waals surface area contributed by atoms with Crippen molar-refractivity contribution in [3.05, 3.63) is 95.7 Å². The van der Waals surface area contributed by atoms with Crippen LogP contribution in [0.15, 0.2) is 83.8 Å². The van der Waals surface area contributed by atoms with Crippen molar-refractivity contribution in [2.45, 2.75) is 4.90 Å². The fourth-order valence-electron chi connectivity index (χ4n) is 3.28. The van der Waals surface area contributed by atoms with Crippen molar-refractivity contribution >= 4 is 44.7 Å². The Morgan fingerprint density at radius 3 is 2.41 bits per heavy atom. The molecular formula is C26H23N3O4S. The van der Waals surface area contributed by atoms with E-state index in [2.05, 4.69) is 10.3 Å². The van der Waals surface area contributed by atoms with Crippen molar-refractivity contribution < 1.29 is 18.3 Å². The van der Waals surface area contributed by atoms with Crippen LogP contribution in [0.3, 0.4) is 0 Å². The number of fused-ring (bicyclic) bond motifs is 1. The molecule has 8 heteroatoms. The number of carbonyl (C=O) groups is 1. The Bertz CT molecular complexity index is 1490. The van der Waals surface area contributed by atoms with Crippen LogP contribution in [0.1, 0.15) is 21.6 Å². The molecule has 1 heterocycles. The van der Waals surface area contributed by atoms with Crippen LogP contribution in [0.2, 0.25) is 0 Å². The smallest absolute Gasteiger partial charge is 0.255 e. The van der Waals surface area contributed by atoms with Gasteiger partial charge in [0.15, 0.2) is 0 Å². The van der Waals surface area contributed by atoms with Crippen LogP contribution in [0.4, 0.5) is 5.69 Å². The molecule has 2 N–H and O–H groups in total. The van der Waals surface area contributed by atoms with Crippen LogP contribution in [-0.4, -0.2) is 42.8 Å². The van der Waals surface area contributed by atoms with Crippen LogP contribution in [0.25, 0.3) is 23.1 Å². The summed E-state index contributed by atoms with van der Waals surface area (Å²) < 4.78 is 25.7. The fourth-order valence-corrected chi connectivity index (χ4v) is 4.21. The number of benzene rings is 3. The van der Waals surface area contributed by atoms with E-state index in [1.807, 2.05) is 48.6 Å². The number of aromatic nitrogens is 1. The third-order valence-electron chi connectivity index (χ3n) is 5.23. The van der Waals surface area contributed by atoms with E-state index in [1.165, 1.54) is 32.3 Å². The van der Waals surface area contributed by atoms with Gasteiger partial charge in [-0.15, -0.1) is 0 Å². The minimum Gasteiger partial charge on any atom is -0.506 e. The molecule has 0 atom stereocenters. The summed E-state index contributed by atoms with van der Waals surface area (Å²) in [6.07, 6.45) is 3.80. The molecule has 0 aliphatic carbocycles. The van der Waals surface area contributed by atoms with Crippen molar-refractivity contribution in [1.82, 2.24) is 9.29 Å². The van der Waals surface area contributed by atoms with E-state index in [9.17, 15) is 18.3 Å². The van der Waals surface area contributed by atoms with E-state index in [0.717, 1.165) is 26.5 Å². The predicted molar refractivity (Wildman–Crippen MR) is 134 cm³/mol. The zero-order valence-electron chi connectivity index (χ0n) is 18.6. The molecule has 0 saturated heterocycles. The molecule has 0 bridgehead atoms. The average Bonchev–Trinajstić information content (AvgIpc) is 2.84. The third-order valence-corrected chi connectivity index (χ3v) is 7.05. The lowest BCUT2D eigenvalue weighted by Gasteiger charge is -2.14. The van der Waals surface area contributed by atoms with E-state index < -0.39 is 15.9 Å². The third kappa shape index (κ3) is 4.98. The lowest BCUT2D eigenvalue weighted by molar-refractivity contribution is 0.102. The Morgan fingerprint density at radius 1 is 0.941 bits per heavy atom. The van der Waals surface area contributed by atoms with Crippen LogP contribution in [0.5, 0.6) is 5.75 Å². The molecule has 0 spiro atoms. The van der Waals surface area contributed by atoms with E-state index in [4.69, 9.17) is 0 Å². The number of sulfonamides is 1. The molecule has 0 unspecified atom stereocenters. The second-order valence-corrected chi connectivity index (χ2v) is 9.96. The number of pyridine rings is 1. The highest BCUT2D eigenvalue weighted by atomic mass is 32.2. The summed E-state index contributed by atoms with van der Waals surface area (Å²) in [5.74, 6) is -0.699. The highest BCUT2D eigenvalue weighted by Gasteiger charge is 2.19. The molecule has 7 nitrogen and oxygen atoms in total. The largest absolute Gasteiger partial charge is 0.506 e. The summed E-state index contributed by atoms with van der Waals surface area (Å²) in [7, 11) is -0.887. The van der Waals surface area contributed by atoms with E-state index in [-0.39, 0.29) is 16.3 Å². The monoisotopic (exact) mass is 473 g/mol. The van der Waals surface area contributed by atoms with E-state index in [0.29, 0.717) is 5.56 Å². The summed E-state index contributed by atoms with van der Waals surface area (Å²) in [5.41, 5.74) is 3.00. The van der Waals surface area contributed by atoms with Gasteiger partial charge >= 0.3 is 0 Å². The number of rotatable bonds is 6. The quantitative estimate of drug-likeness (QED) is 0.398. The van der Waals surface area contributed by atoms with Crippen LogP contribution in [-0.2, 0) is 10.0 Å². The maximum Gasteiger partial charge on any atom is 0.255 e. The van der Waals surface area contributed by atoms with Crippen molar-refractivity contribution in [3.8, 4) is 5.75 Å². The first-order chi connectivity index (χ1) is 16.2. The molecule has 3 aromatic carbocycles. The molecule has 172 valence electrons. The number of hydrogen-bond donors (Lipinski definition) is 2. The summed E-state index contributed by atoms with van der Waals surface area (Å²) in [4.78, 5) is 17.2. The first-order valence-corrected chi connectivity index (χ1v) is 11.9. The molecule has 1 amide bonds. The van der Waals surface area contributed by atoms with Gasteiger partial charge in [-0.3, -0.25) is 4.79 Å². The van der Waals surface area contributed by atoms with Gasteiger partial charge in [0.05, 0.1) is 21.8 Å². The normalized spacial score (nSPS) is 11.9. The number of amides is 1. The van der Waals surface area contributed by atoms with Crippen LogP contribution in [0, 0.1) is 0 Å². The Kier molecular flexibility index (Phi) is 6.45. The van der Waals surface area contributed by atoms with Gasteiger partial charge in [0, 0.05) is 25.0 Å². The molecule has 0 aliphatic heterocycles. The molecule has 0 radical (unpaired) electrons. The van der Waals surface area contributed by atoms with Gasteiger partial charge in [0.25, 0.3) is 5.91 Å². The summed E-state index contributed by atoms with van der Waals surface area (Å²) >= 11 is 0. The second-order valence-electron chi connectivity index (χ2n) is 7.80. The molecule has 0 saturated carbocycles. The Labute approximate surface area is 198 Å². The fraction of sp³-hybridized carbons (Fsp3) is 0.0769. The maximum absolute atomic E-state index is 12.7. The lowest BCUT2D eigenvalue weighted by atomic mass is 10.1. The van der Waals surface area contributed by atoms with Crippen LogP contribution < -0.4 is 5.32 Å². The van der Waals surface area contributed by atoms with Crippen molar-refractivity contribution in [2.75, 3.05) is 19.4 Å². The zero-order valence-corrected chi connectivity index (χ0v) is 19.5. The predicted octanol–water partition coefficient (Wildman–Crippen LogP) is 4.61. The zero-order chi connectivity index (χ0) is 24.3. The van der Waals surface area contributed by atoms with Gasteiger partial charge in [0.2, 0.25) is 10.0 Å². The van der Waals surface area contributed by atoms with Gasteiger partial charge in [-0.05, 0) is 54.1 Å². The summed E-state index contributed by atoms with van der Waals surface area (Å²) in [6, 6.07) is 22.5. The first-order valence-electron chi connectivity index (χ1n) is 10.4. The van der Waals surface area contributed by atoms with Crippen molar-refractivity contribution in [2.24, 2.45) is 0 Å². The molecular weight excluding hydrogens is 450 g/mol. The number of nitrogens with zero attached hydrogens (tertiary/aromatic N) is 2. The number of nitrogens with one attached hydrogen (secondary N) is 1. The van der Waals surface area contributed by atoms with Crippen molar-refractivity contribution in [3.63, 3.8) is 0 Å². The Balaban J connectivity index is 1.48. The Hall–Kier alpha value is -4.01. The molecule has 4 aromatic rings. The number of para-hydroxylation sites is 1.